The van der Waals surface area contributed by atoms with Gasteiger partial charge in [0.2, 0.25) is 0 Å². The first-order valence-electron chi connectivity index (χ1n) is 4.91. The highest BCUT2D eigenvalue weighted by Crippen LogP contribution is 2.21. The Morgan fingerprint density at radius 3 is 2.71 bits per heavy atom. The second kappa shape index (κ2) is 3.56. The minimum atomic E-state index is -0.492. The molecule has 0 aliphatic carbocycles. The Morgan fingerprint density at radius 2 is 1.88 bits per heavy atom. The van der Waals surface area contributed by atoms with Crippen molar-refractivity contribution >= 4 is 37.8 Å². The summed E-state index contributed by atoms with van der Waals surface area (Å²) in [5.74, 6) is 0. The first-order valence-corrected chi connectivity index (χ1v) is 5.70. The van der Waals surface area contributed by atoms with E-state index in [0.29, 0.717) is 21.9 Å². The van der Waals surface area contributed by atoms with E-state index >= 15 is 0 Å². The van der Waals surface area contributed by atoms with Crippen molar-refractivity contribution in [2.45, 2.75) is 0 Å². The molecular formula is C12H6BrNO3. The van der Waals surface area contributed by atoms with Crippen LogP contribution in [-0.2, 0) is 0 Å². The molecule has 0 saturated carbocycles. The highest BCUT2D eigenvalue weighted by atomic mass is 79.9. The zero-order chi connectivity index (χ0) is 12.0. The second-order valence-corrected chi connectivity index (χ2v) is 4.48. The van der Waals surface area contributed by atoms with Crippen LogP contribution in [0.2, 0.25) is 0 Å². The fourth-order valence-electron chi connectivity index (χ4n) is 1.80. The van der Waals surface area contributed by atoms with Gasteiger partial charge in [-0.25, -0.2) is 4.79 Å². The van der Waals surface area contributed by atoms with Crippen LogP contribution < -0.4 is 11.2 Å². The van der Waals surface area contributed by atoms with Crippen LogP contribution in [-0.4, -0.2) is 4.98 Å². The predicted octanol–water partition coefficient (Wildman–Crippen LogP) is 2.40. The lowest BCUT2D eigenvalue weighted by molar-refractivity contribution is 0.559. The molecule has 0 fully saturated rings. The minimum Gasteiger partial charge on any atom is -0.421 e. The van der Waals surface area contributed by atoms with Crippen molar-refractivity contribution in [3.8, 4) is 0 Å². The molecule has 0 aliphatic rings. The van der Waals surface area contributed by atoms with E-state index < -0.39 is 5.63 Å². The third kappa shape index (κ3) is 1.51. The molecular weight excluding hydrogens is 286 g/mol. The summed E-state index contributed by atoms with van der Waals surface area (Å²) in [6.45, 7) is 0. The number of hydrogen-bond donors (Lipinski definition) is 1. The summed E-state index contributed by atoms with van der Waals surface area (Å²) in [7, 11) is 0. The van der Waals surface area contributed by atoms with Crippen LogP contribution in [0, 0.1) is 0 Å². The van der Waals surface area contributed by atoms with E-state index in [4.69, 9.17) is 4.42 Å². The summed E-state index contributed by atoms with van der Waals surface area (Å²) in [6.07, 6.45) is 0. The zero-order valence-corrected chi connectivity index (χ0v) is 10.1. The average Bonchev–Trinajstić information content (AvgIpc) is 2.32. The van der Waals surface area contributed by atoms with Gasteiger partial charge < -0.3 is 9.40 Å². The van der Waals surface area contributed by atoms with Gasteiger partial charge in [-0.3, -0.25) is 4.79 Å². The lowest BCUT2D eigenvalue weighted by Gasteiger charge is -2.01. The van der Waals surface area contributed by atoms with Gasteiger partial charge in [0.1, 0.15) is 4.47 Å². The number of nitrogens with one attached hydrogen (secondary N) is 1. The summed E-state index contributed by atoms with van der Waals surface area (Å²) in [5.41, 5.74) is 0.199. The molecule has 0 unspecified atom stereocenters. The van der Waals surface area contributed by atoms with Crippen LogP contribution in [0.15, 0.2) is 48.8 Å². The number of H-pyrrole nitrogens is 1. The molecule has 17 heavy (non-hydrogen) atoms. The van der Waals surface area contributed by atoms with Crippen LogP contribution in [0.3, 0.4) is 0 Å². The molecule has 0 atom stereocenters. The number of hydrogen-bond acceptors (Lipinski definition) is 3. The number of pyridine rings is 1. The largest absolute Gasteiger partial charge is 0.421 e. The third-order valence-corrected chi connectivity index (χ3v) is 3.12. The van der Waals surface area contributed by atoms with E-state index in [1.165, 1.54) is 6.07 Å². The van der Waals surface area contributed by atoms with Gasteiger partial charge in [-0.15, -0.1) is 0 Å². The standard InChI is InChI=1S/C12H6BrNO3/c13-8-5-7-10(17-12(8)16)6-3-1-2-4-9(6)14-11(7)15/h1-5H,(H,14,15). The first kappa shape index (κ1) is 10.3. The Labute approximate surface area is 103 Å². The molecule has 0 spiro atoms. The maximum Gasteiger partial charge on any atom is 0.350 e. The van der Waals surface area contributed by atoms with Gasteiger partial charge in [0, 0.05) is 5.39 Å². The third-order valence-electron chi connectivity index (χ3n) is 2.57. The highest BCUT2D eigenvalue weighted by Gasteiger charge is 2.09. The summed E-state index contributed by atoms with van der Waals surface area (Å²) in [5, 5.41) is 1.07. The number of halogens is 1. The van der Waals surface area contributed by atoms with Gasteiger partial charge in [-0.2, -0.15) is 0 Å². The quantitative estimate of drug-likeness (QED) is 0.647. The topological polar surface area (TPSA) is 63.1 Å². The number of aromatic amines is 1. The van der Waals surface area contributed by atoms with Gasteiger partial charge in [0.25, 0.3) is 5.56 Å². The maximum absolute atomic E-state index is 11.8. The lowest BCUT2D eigenvalue weighted by Crippen LogP contribution is -2.09. The predicted molar refractivity (Wildman–Crippen MR) is 68.3 cm³/mol. The van der Waals surface area contributed by atoms with Gasteiger partial charge in [0.05, 0.1) is 10.9 Å². The maximum atomic E-state index is 11.8. The number of aromatic nitrogens is 1. The highest BCUT2D eigenvalue weighted by molar-refractivity contribution is 9.10. The SMILES string of the molecule is O=c1oc2c(cc1Br)c(=O)[nH]c1ccccc12. The van der Waals surface area contributed by atoms with E-state index in [-0.39, 0.29) is 10.0 Å². The summed E-state index contributed by atoms with van der Waals surface area (Å²) >= 11 is 3.06. The van der Waals surface area contributed by atoms with Gasteiger partial charge in [0.15, 0.2) is 5.58 Å². The molecule has 2 aromatic heterocycles. The van der Waals surface area contributed by atoms with E-state index in [2.05, 4.69) is 20.9 Å². The molecule has 1 aromatic carbocycles. The molecule has 0 bridgehead atoms. The van der Waals surface area contributed by atoms with Crippen molar-refractivity contribution in [1.82, 2.24) is 4.98 Å². The summed E-state index contributed by atoms with van der Waals surface area (Å²) in [6, 6.07) is 8.66. The molecule has 4 nitrogen and oxygen atoms in total. The molecule has 0 aliphatic heterocycles. The van der Waals surface area contributed by atoms with Crippen LogP contribution in [0.25, 0.3) is 21.9 Å². The molecule has 1 N–H and O–H groups in total. The van der Waals surface area contributed by atoms with E-state index in [9.17, 15) is 9.59 Å². The Morgan fingerprint density at radius 1 is 1.12 bits per heavy atom. The summed E-state index contributed by atoms with van der Waals surface area (Å²) < 4.78 is 5.41. The van der Waals surface area contributed by atoms with Crippen LogP contribution >= 0.6 is 15.9 Å². The molecule has 5 heteroatoms. The van der Waals surface area contributed by atoms with Gasteiger partial charge in [-0.05, 0) is 34.1 Å². The fraction of sp³-hybridized carbons (Fsp3) is 0. The number of fused-ring (bicyclic) bond motifs is 3. The van der Waals surface area contributed by atoms with Gasteiger partial charge >= 0.3 is 5.63 Å². The van der Waals surface area contributed by atoms with Crippen LogP contribution in [0.4, 0.5) is 0 Å². The Hall–Kier alpha value is -1.88. The van der Waals surface area contributed by atoms with E-state index in [1.807, 2.05) is 6.07 Å². The van der Waals surface area contributed by atoms with Crippen LogP contribution in [0.5, 0.6) is 0 Å². The minimum absolute atomic E-state index is 0.241. The molecule has 3 rings (SSSR count). The average molecular weight is 292 g/mol. The Kier molecular flexibility index (Phi) is 2.16. The number of rotatable bonds is 0. The van der Waals surface area contributed by atoms with Crippen molar-refractivity contribution in [2.75, 3.05) is 0 Å². The fourth-order valence-corrected chi connectivity index (χ4v) is 2.11. The van der Waals surface area contributed by atoms with Gasteiger partial charge in [-0.1, -0.05) is 12.1 Å². The summed E-state index contributed by atoms with van der Waals surface area (Å²) in [4.78, 5) is 26.0. The number of para-hydroxylation sites is 1. The molecule has 0 amide bonds. The Balaban J connectivity index is 2.70. The molecule has 0 radical (unpaired) electrons. The second-order valence-electron chi connectivity index (χ2n) is 3.62. The normalized spacial score (nSPS) is 11.1. The van der Waals surface area contributed by atoms with Crippen molar-refractivity contribution in [1.29, 1.82) is 0 Å². The van der Waals surface area contributed by atoms with Crippen molar-refractivity contribution in [3.63, 3.8) is 0 Å². The van der Waals surface area contributed by atoms with Crippen molar-refractivity contribution in [3.05, 3.63) is 55.6 Å². The zero-order valence-electron chi connectivity index (χ0n) is 8.49. The Bertz CT molecular complexity index is 848. The lowest BCUT2D eigenvalue weighted by atomic mass is 10.1. The smallest absolute Gasteiger partial charge is 0.350 e. The number of benzene rings is 1. The molecule has 3 aromatic rings. The molecule has 84 valence electrons. The molecule has 2 heterocycles. The first-order chi connectivity index (χ1) is 8.16. The van der Waals surface area contributed by atoms with Crippen molar-refractivity contribution in [2.24, 2.45) is 0 Å². The van der Waals surface area contributed by atoms with Crippen LogP contribution in [0.1, 0.15) is 0 Å². The van der Waals surface area contributed by atoms with Crippen molar-refractivity contribution < 1.29 is 4.42 Å². The monoisotopic (exact) mass is 291 g/mol. The van der Waals surface area contributed by atoms with E-state index in [1.54, 1.807) is 18.2 Å². The molecule has 0 saturated heterocycles. The van der Waals surface area contributed by atoms with E-state index in [0.717, 1.165) is 0 Å².